The zero-order valence-electron chi connectivity index (χ0n) is 33.9. The lowest BCUT2D eigenvalue weighted by Crippen LogP contribution is -2.81. The third-order valence-electron chi connectivity index (χ3n) is 12.6. The Morgan fingerprint density at radius 2 is 1.55 bits per heavy atom. The number of rotatable bonds is 8. The summed E-state index contributed by atoms with van der Waals surface area (Å²) < 4.78 is 29.5. The van der Waals surface area contributed by atoms with Gasteiger partial charge in [0.15, 0.2) is 17.5 Å². The number of ether oxygens (including phenoxy) is 5. The summed E-state index contributed by atoms with van der Waals surface area (Å²) >= 11 is 0. The molecule has 0 spiro atoms. The number of esters is 3. The molecule has 2 aromatic rings. The van der Waals surface area contributed by atoms with Gasteiger partial charge in [-0.25, -0.2) is 14.4 Å². The van der Waals surface area contributed by atoms with Crippen molar-refractivity contribution in [3.63, 3.8) is 0 Å². The van der Waals surface area contributed by atoms with Crippen molar-refractivity contribution < 1.29 is 68.1 Å². The van der Waals surface area contributed by atoms with Crippen molar-refractivity contribution in [2.75, 3.05) is 6.61 Å². The molecule has 15 heteroatoms. The average Bonchev–Trinajstić information content (AvgIpc) is 3.14. The molecular formula is C43H53NO14. The van der Waals surface area contributed by atoms with Gasteiger partial charge in [-0.1, -0.05) is 62.4 Å². The van der Waals surface area contributed by atoms with Crippen LogP contribution >= 0.6 is 0 Å². The number of aliphatic hydroxyl groups excluding tert-OH is 3. The average molecular weight is 808 g/mol. The van der Waals surface area contributed by atoms with E-state index in [1.165, 1.54) is 26.0 Å². The maximum Gasteiger partial charge on any atom is 0.408 e. The Bertz CT molecular complexity index is 1980. The van der Waals surface area contributed by atoms with Gasteiger partial charge >= 0.3 is 24.0 Å². The Kier molecular flexibility index (Phi) is 11.2. The second-order valence-corrected chi connectivity index (χ2v) is 17.6. The molecule has 2 aromatic carbocycles. The van der Waals surface area contributed by atoms with Gasteiger partial charge in [0.1, 0.15) is 35.6 Å². The predicted molar refractivity (Wildman–Crippen MR) is 204 cm³/mol. The lowest BCUT2D eigenvalue weighted by Gasteiger charge is -2.67. The van der Waals surface area contributed by atoms with E-state index in [4.69, 9.17) is 23.7 Å². The molecule has 6 rings (SSSR count). The number of amides is 1. The second-order valence-electron chi connectivity index (χ2n) is 17.6. The third-order valence-corrected chi connectivity index (χ3v) is 12.6. The van der Waals surface area contributed by atoms with E-state index >= 15 is 0 Å². The van der Waals surface area contributed by atoms with Crippen LogP contribution in [0.15, 0.2) is 71.8 Å². The molecule has 4 aliphatic rings. The lowest BCUT2D eigenvalue weighted by atomic mass is 9.44. The van der Waals surface area contributed by atoms with Gasteiger partial charge in [0.25, 0.3) is 0 Å². The Morgan fingerprint density at radius 1 is 0.948 bits per heavy atom. The molecule has 2 saturated carbocycles. The molecule has 1 heterocycles. The van der Waals surface area contributed by atoms with Crippen LogP contribution in [0.1, 0.15) is 90.2 Å². The van der Waals surface area contributed by atoms with Crippen molar-refractivity contribution in [3.8, 4) is 0 Å². The van der Waals surface area contributed by atoms with E-state index in [-0.39, 0.29) is 29.7 Å². The van der Waals surface area contributed by atoms with Crippen LogP contribution in [-0.4, -0.2) is 110 Å². The number of nitrogens with one attached hydrogen (secondary N) is 1. The molecule has 2 bridgehead atoms. The van der Waals surface area contributed by atoms with E-state index in [0.29, 0.717) is 5.56 Å². The van der Waals surface area contributed by atoms with E-state index in [2.05, 4.69) is 5.32 Å². The standard InChI is InChI=1S/C43H53NO14/c1-22-26(55-37(51)32(48)30(24-15-11-9-12-16-24)44-38(52)58-39(3,4)5)20-43(53)35(56-36(50)25-17-13-10-14-18-25)33-41(8,34(49)31(47)29(22)40(43,6)7)27(46)19-28-42(33,21-54-28)57-23(2)45/h9-18,26-28,30-33,35,46-48,53H,19-21H2,1-8H3,(H,44,52)/t26-,27+,28-,30+,31-,32+,33+,35-,41-,42+,43-/m1/s1. The maximum atomic E-state index is 14.9. The van der Waals surface area contributed by atoms with Crippen molar-refractivity contribution in [1.82, 2.24) is 5.32 Å². The highest BCUT2D eigenvalue weighted by molar-refractivity contribution is 5.94. The molecule has 3 aliphatic carbocycles. The number of carbonyl (C=O) groups excluding carboxylic acids is 5. The Morgan fingerprint density at radius 3 is 2.10 bits per heavy atom. The van der Waals surface area contributed by atoms with Crippen LogP contribution in [0.4, 0.5) is 4.79 Å². The number of ketones is 1. The highest BCUT2D eigenvalue weighted by atomic mass is 16.6. The molecule has 58 heavy (non-hydrogen) atoms. The molecule has 5 N–H and O–H groups in total. The van der Waals surface area contributed by atoms with Crippen molar-refractivity contribution in [1.29, 1.82) is 0 Å². The van der Waals surface area contributed by atoms with Crippen molar-refractivity contribution in [3.05, 3.63) is 82.9 Å². The second kappa shape index (κ2) is 15.2. The summed E-state index contributed by atoms with van der Waals surface area (Å²) in [6.45, 7) is 11.8. The van der Waals surface area contributed by atoms with Crippen molar-refractivity contribution in [2.45, 2.75) is 128 Å². The molecule has 314 valence electrons. The Labute approximate surface area is 336 Å². The fourth-order valence-corrected chi connectivity index (χ4v) is 9.56. The summed E-state index contributed by atoms with van der Waals surface area (Å²) in [5.74, 6) is -5.36. The molecule has 1 aliphatic heterocycles. The normalized spacial score (nSPS) is 33.7. The first-order chi connectivity index (χ1) is 27.0. The van der Waals surface area contributed by atoms with Gasteiger partial charge in [-0.15, -0.1) is 0 Å². The van der Waals surface area contributed by atoms with Crippen LogP contribution in [0.3, 0.4) is 0 Å². The zero-order chi connectivity index (χ0) is 42.7. The zero-order valence-corrected chi connectivity index (χ0v) is 33.9. The number of Topliss-reactive ketones (excluding diaryl/α,β-unsaturated/α-hetero) is 1. The molecule has 1 saturated heterocycles. The Balaban J connectivity index is 1.49. The van der Waals surface area contributed by atoms with Crippen LogP contribution in [0.2, 0.25) is 0 Å². The van der Waals surface area contributed by atoms with E-state index < -0.39 is 112 Å². The van der Waals surface area contributed by atoms with Crippen LogP contribution in [0.25, 0.3) is 0 Å². The van der Waals surface area contributed by atoms with Crippen molar-refractivity contribution in [2.24, 2.45) is 16.7 Å². The summed E-state index contributed by atoms with van der Waals surface area (Å²) in [6.07, 6.45) is -11.5. The predicted octanol–water partition coefficient (Wildman–Crippen LogP) is 3.26. The summed E-state index contributed by atoms with van der Waals surface area (Å²) in [5, 5.41) is 51.6. The van der Waals surface area contributed by atoms with Gasteiger partial charge in [0.2, 0.25) is 0 Å². The molecule has 0 radical (unpaired) electrons. The van der Waals surface area contributed by atoms with Gasteiger partial charge in [-0.2, -0.15) is 0 Å². The van der Waals surface area contributed by atoms with Crippen LogP contribution < -0.4 is 5.32 Å². The summed E-state index contributed by atoms with van der Waals surface area (Å²) in [5.41, 5.74) is -8.14. The summed E-state index contributed by atoms with van der Waals surface area (Å²) in [6, 6.07) is 14.6. The van der Waals surface area contributed by atoms with Gasteiger partial charge in [0.05, 0.1) is 35.6 Å². The van der Waals surface area contributed by atoms with Crippen molar-refractivity contribution >= 4 is 29.8 Å². The number of hydrogen-bond donors (Lipinski definition) is 5. The minimum absolute atomic E-state index is 0.0637. The number of carbonyl (C=O) groups is 5. The molecule has 1 amide bonds. The SMILES string of the molecule is CC(=O)O[C@@]12CO[C@@H]1C[C@H](O)[C@@]1(C)C(=O)[C@H](O)C3=C(C)[C@H](OC(=O)[C@@H](O)[C@@H](NC(=O)OC(C)(C)C)c4ccccc4)C[C@@](O)([C@H](OC(=O)c4ccccc4)[C@H]21)C3(C)C. The fourth-order valence-electron chi connectivity index (χ4n) is 9.56. The van der Waals surface area contributed by atoms with Crippen LogP contribution in [0.5, 0.6) is 0 Å². The van der Waals surface area contributed by atoms with Gasteiger partial charge in [0, 0.05) is 25.2 Å². The van der Waals surface area contributed by atoms with Gasteiger partial charge in [-0.3, -0.25) is 9.59 Å². The van der Waals surface area contributed by atoms with Gasteiger partial charge < -0.3 is 49.4 Å². The first-order valence-electron chi connectivity index (χ1n) is 19.3. The first kappa shape index (κ1) is 42.9. The number of hydrogen-bond acceptors (Lipinski definition) is 14. The molecule has 3 fully saturated rings. The number of alkyl carbamates (subject to hydrolysis) is 1. The summed E-state index contributed by atoms with van der Waals surface area (Å²) in [7, 11) is 0. The first-order valence-corrected chi connectivity index (χ1v) is 19.3. The summed E-state index contributed by atoms with van der Waals surface area (Å²) in [4.78, 5) is 68.9. The van der Waals surface area contributed by atoms with E-state index in [9.17, 15) is 44.4 Å². The molecule has 15 nitrogen and oxygen atoms in total. The lowest BCUT2D eigenvalue weighted by molar-refractivity contribution is -0.346. The minimum Gasteiger partial charge on any atom is -0.456 e. The molecular weight excluding hydrogens is 754 g/mol. The third kappa shape index (κ3) is 7.10. The minimum atomic E-state index is -2.35. The number of fused-ring (bicyclic) bond motifs is 5. The quantitative estimate of drug-likeness (QED) is 0.147. The van der Waals surface area contributed by atoms with Gasteiger partial charge in [-0.05, 0) is 63.5 Å². The number of benzene rings is 2. The monoisotopic (exact) mass is 807 g/mol. The van der Waals surface area contributed by atoms with Crippen LogP contribution in [0, 0.1) is 16.7 Å². The maximum absolute atomic E-state index is 14.9. The van der Waals surface area contributed by atoms with Crippen LogP contribution in [-0.2, 0) is 38.1 Å². The molecule has 0 aromatic heterocycles. The highest BCUT2D eigenvalue weighted by Gasteiger charge is 2.78. The Hall–Kier alpha value is -4.67. The topological polar surface area (TPSA) is 224 Å². The molecule has 0 unspecified atom stereocenters. The highest BCUT2D eigenvalue weighted by Crippen LogP contribution is 2.64. The largest absolute Gasteiger partial charge is 0.456 e. The smallest absolute Gasteiger partial charge is 0.408 e. The van der Waals surface area contributed by atoms with E-state index in [1.807, 2.05) is 0 Å². The fraction of sp³-hybridized carbons (Fsp3) is 0.558. The number of aliphatic hydroxyl groups is 4. The van der Waals surface area contributed by atoms with E-state index in [0.717, 1.165) is 6.92 Å². The van der Waals surface area contributed by atoms with E-state index in [1.54, 1.807) is 83.1 Å². The molecule has 11 atom stereocenters.